The van der Waals surface area contributed by atoms with Crippen molar-refractivity contribution in [3.63, 3.8) is 0 Å². The molecule has 88 valence electrons. The summed E-state index contributed by atoms with van der Waals surface area (Å²) in [5.74, 6) is 0.305. The lowest BCUT2D eigenvalue weighted by Crippen LogP contribution is -1.98. The molecule has 0 saturated carbocycles. The number of aryl methyl sites for hydroxylation is 1. The number of carbonyl (C=O) groups is 1. The second-order valence-corrected chi connectivity index (χ2v) is 4.33. The molecular weight excluding hydrogens is 286 g/mol. The molecule has 0 aliphatic rings. The number of benzene rings is 1. The molecule has 0 spiro atoms. The summed E-state index contributed by atoms with van der Waals surface area (Å²) in [4.78, 5) is 14.7. The zero-order chi connectivity index (χ0) is 12.3. The Kier molecular flexibility index (Phi) is 3.53. The summed E-state index contributed by atoms with van der Waals surface area (Å²) in [5, 5.41) is 15.4. The highest BCUT2D eigenvalue weighted by molar-refractivity contribution is 9.10. The standard InChI is InChI=1S/C11H10BrN3O2/c12-8-4-2-1-3-7(8)11-13-9(14-15-11)5-6-10(16)17/h1-4H,5-6H2,(H,16,17)(H,13,14,15). The van der Waals surface area contributed by atoms with Crippen LogP contribution >= 0.6 is 15.9 Å². The van der Waals surface area contributed by atoms with Crippen molar-refractivity contribution in [1.82, 2.24) is 15.2 Å². The third-order valence-electron chi connectivity index (χ3n) is 2.22. The maximum atomic E-state index is 10.4. The highest BCUT2D eigenvalue weighted by Gasteiger charge is 2.09. The highest BCUT2D eigenvalue weighted by Crippen LogP contribution is 2.24. The number of carboxylic acid groups (broad SMARTS) is 1. The van der Waals surface area contributed by atoms with Gasteiger partial charge in [-0.2, -0.15) is 5.10 Å². The van der Waals surface area contributed by atoms with Gasteiger partial charge < -0.3 is 5.11 Å². The van der Waals surface area contributed by atoms with Crippen LogP contribution in [0.2, 0.25) is 0 Å². The van der Waals surface area contributed by atoms with E-state index in [9.17, 15) is 4.79 Å². The van der Waals surface area contributed by atoms with E-state index in [0.29, 0.717) is 18.1 Å². The van der Waals surface area contributed by atoms with Gasteiger partial charge in [0.1, 0.15) is 5.82 Å². The predicted octanol–water partition coefficient (Wildman–Crippen LogP) is 2.25. The van der Waals surface area contributed by atoms with Gasteiger partial charge in [-0.25, -0.2) is 4.98 Å². The number of carboxylic acids is 1. The first-order valence-corrected chi connectivity index (χ1v) is 5.84. The van der Waals surface area contributed by atoms with Crippen molar-refractivity contribution in [2.75, 3.05) is 0 Å². The topological polar surface area (TPSA) is 78.9 Å². The zero-order valence-corrected chi connectivity index (χ0v) is 10.4. The van der Waals surface area contributed by atoms with E-state index in [1.807, 2.05) is 24.3 Å². The molecule has 2 N–H and O–H groups in total. The third-order valence-corrected chi connectivity index (χ3v) is 2.91. The molecule has 17 heavy (non-hydrogen) atoms. The molecule has 0 bridgehead atoms. The van der Waals surface area contributed by atoms with Gasteiger partial charge in [0, 0.05) is 16.5 Å². The van der Waals surface area contributed by atoms with E-state index < -0.39 is 5.97 Å². The van der Waals surface area contributed by atoms with Gasteiger partial charge in [-0.05, 0) is 12.1 Å². The lowest BCUT2D eigenvalue weighted by molar-refractivity contribution is -0.137. The first-order valence-electron chi connectivity index (χ1n) is 5.05. The highest BCUT2D eigenvalue weighted by atomic mass is 79.9. The second-order valence-electron chi connectivity index (χ2n) is 3.48. The van der Waals surface area contributed by atoms with Gasteiger partial charge in [0.15, 0.2) is 5.82 Å². The lowest BCUT2D eigenvalue weighted by atomic mass is 10.2. The van der Waals surface area contributed by atoms with E-state index in [0.717, 1.165) is 10.0 Å². The van der Waals surface area contributed by atoms with Crippen LogP contribution in [0.1, 0.15) is 12.2 Å². The molecular formula is C11H10BrN3O2. The normalized spacial score (nSPS) is 10.4. The average Bonchev–Trinajstić information content (AvgIpc) is 2.75. The largest absolute Gasteiger partial charge is 0.481 e. The fourth-order valence-corrected chi connectivity index (χ4v) is 1.86. The fourth-order valence-electron chi connectivity index (χ4n) is 1.40. The molecule has 0 atom stereocenters. The van der Waals surface area contributed by atoms with Crippen LogP contribution in [0.25, 0.3) is 11.4 Å². The minimum atomic E-state index is -0.844. The van der Waals surface area contributed by atoms with Crippen molar-refractivity contribution in [3.05, 3.63) is 34.6 Å². The molecule has 1 aromatic heterocycles. The first kappa shape index (κ1) is 11.8. The Morgan fingerprint density at radius 3 is 2.88 bits per heavy atom. The van der Waals surface area contributed by atoms with Crippen molar-refractivity contribution in [2.45, 2.75) is 12.8 Å². The summed E-state index contributed by atoms with van der Waals surface area (Å²) in [6.07, 6.45) is 0.400. The molecule has 0 aliphatic heterocycles. The average molecular weight is 296 g/mol. The maximum Gasteiger partial charge on any atom is 0.303 e. The summed E-state index contributed by atoms with van der Waals surface area (Å²) in [5.41, 5.74) is 0.880. The minimum absolute atomic E-state index is 0.0462. The molecule has 1 aromatic carbocycles. The second kappa shape index (κ2) is 5.09. The Labute approximate surface area is 106 Å². The summed E-state index contributed by atoms with van der Waals surface area (Å²) in [6, 6.07) is 7.61. The Hall–Kier alpha value is -1.69. The summed E-state index contributed by atoms with van der Waals surface area (Å²) in [6.45, 7) is 0. The summed E-state index contributed by atoms with van der Waals surface area (Å²) in [7, 11) is 0. The van der Waals surface area contributed by atoms with Crippen LogP contribution in [0, 0.1) is 0 Å². The molecule has 0 amide bonds. The van der Waals surface area contributed by atoms with Gasteiger partial charge in [-0.15, -0.1) is 0 Å². The van der Waals surface area contributed by atoms with Crippen LogP contribution < -0.4 is 0 Å². The Morgan fingerprint density at radius 2 is 2.18 bits per heavy atom. The lowest BCUT2D eigenvalue weighted by Gasteiger charge is -1.97. The van der Waals surface area contributed by atoms with Gasteiger partial charge in [0.2, 0.25) is 0 Å². The number of nitrogens with zero attached hydrogens (tertiary/aromatic N) is 2. The summed E-state index contributed by atoms with van der Waals surface area (Å²) < 4.78 is 0.906. The number of halogens is 1. The first-order chi connectivity index (χ1) is 8.16. The quantitative estimate of drug-likeness (QED) is 0.907. The number of nitrogens with one attached hydrogen (secondary N) is 1. The molecule has 2 aromatic rings. The number of aromatic amines is 1. The molecule has 0 aliphatic carbocycles. The maximum absolute atomic E-state index is 10.4. The van der Waals surface area contributed by atoms with E-state index in [1.54, 1.807) is 0 Å². The van der Waals surface area contributed by atoms with Gasteiger partial charge in [-0.3, -0.25) is 9.89 Å². The Morgan fingerprint density at radius 1 is 1.41 bits per heavy atom. The third kappa shape index (κ3) is 2.91. The molecule has 1 heterocycles. The molecule has 6 heteroatoms. The van der Waals surface area contributed by atoms with Crippen LogP contribution in [0.3, 0.4) is 0 Å². The predicted molar refractivity (Wildman–Crippen MR) is 65.5 cm³/mol. The van der Waals surface area contributed by atoms with Gasteiger partial charge >= 0.3 is 5.97 Å². The fraction of sp³-hybridized carbons (Fsp3) is 0.182. The van der Waals surface area contributed by atoms with Crippen LogP contribution in [0.5, 0.6) is 0 Å². The molecule has 5 nitrogen and oxygen atoms in total. The zero-order valence-electron chi connectivity index (χ0n) is 8.85. The Balaban J connectivity index is 2.18. The van der Waals surface area contributed by atoms with E-state index in [2.05, 4.69) is 31.1 Å². The number of hydrogen-bond acceptors (Lipinski definition) is 3. The van der Waals surface area contributed by atoms with Crippen molar-refractivity contribution in [1.29, 1.82) is 0 Å². The van der Waals surface area contributed by atoms with Crippen molar-refractivity contribution >= 4 is 21.9 Å². The van der Waals surface area contributed by atoms with Gasteiger partial charge in [-0.1, -0.05) is 28.1 Å². The molecule has 0 radical (unpaired) electrons. The Bertz CT molecular complexity index is 539. The van der Waals surface area contributed by atoms with E-state index in [-0.39, 0.29) is 6.42 Å². The number of hydrogen-bond donors (Lipinski definition) is 2. The monoisotopic (exact) mass is 295 g/mol. The van der Waals surface area contributed by atoms with Crippen LogP contribution in [-0.4, -0.2) is 26.3 Å². The number of rotatable bonds is 4. The van der Waals surface area contributed by atoms with Crippen LogP contribution in [-0.2, 0) is 11.2 Å². The number of aliphatic carboxylic acids is 1. The summed E-state index contributed by atoms with van der Waals surface area (Å²) >= 11 is 3.42. The molecule has 0 fully saturated rings. The molecule has 2 rings (SSSR count). The van der Waals surface area contributed by atoms with Gasteiger partial charge in [0.05, 0.1) is 6.42 Å². The van der Waals surface area contributed by atoms with Crippen molar-refractivity contribution in [2.24, 2.45) is 0 Å². The number of H-pyrrole nitrogens is 1. The SMILES string of the molecule is O=C(O)CCc1nc(-c2ccccc2Br)n[nH]1. The van der Waals surface area contributed by atoms with E-state index >= 15 is 0 Å². The van der Waals surface area contributed by atoms with E-state index in [1.165, 1.54) is 0 Å². The van der Waals surface area contributed by atoms with Crippen molar-refractivity contribution < 1.29 is 9.90 Å². The van der Waals surface area contributed by atoms with Crippen LogP contribution in [0.15, 0.2) is 28.7 Å². The number of aromatic nitrogens is 3. The van der Waals surface area contributed by atoms with E-state index in [4.69, 9.17) is 5.11 Å². The molecule has 0 saturated heterocycles. The van der Waals surface area contributed by atoms with Crippen molar-refractivity contribution in [3.8, 4) is 11.4 Å². The smallest absolute Gasteiger partial charge is 0.303 e. The molecule has 0 unspecified atom stereocenters. The van der Waals surface area contributed by atoms with Crippen LogP contribution in [0.4, 0.5) is 0 Å². The van der Waals surface area contributed by atoms with Gasteiger partial charge in [0.25, 0.3) is 0 Å². The minimum Gasteiger partial charge on any atom is -0.481 e.